The number of imidazole rings is 1. The number of benzene rings is 1. The van der Waals surface area contributed by atoms with Gasteiger partial charge in [-0.3, -0.25) is 4.98 Å². The molecule has 1 aliphatic carbocycles. The van der Waals surface area contributed by atoms with Gasteiger partial charge < -0.3 is 14.8 Å². The Morgan fingerprint density at radius 2 is 2.03 bits per heavy atom. The van der Waals surface area contributed by atoms with Crippen LogP contribution < -0.4 is 0 Å². The SMILES string of the molecule is N#CCC1CCC(n2c(N=Nc3ccc(O)c(C(=O)O)c3)nc3cnc4ccsc4c32)CC1. The predicted octanol–water partition coefficient (Wildman–Crippen LogP) is 6.11. The number of azo groups is 1. The molecule has 1 aromatic carbocycles. The smallest absolute Gasteiger partial charge is 0.339 e. The average Bonchev–Trinajstić information content (AvgIpc) is 3.43. The van der Waals surface area contributed by atoms with E-state index in [4.69, 9.17) is 10.2 Å². The van der Waals surface area contributed by atoms with Crippen molar-refractivity contribution in [2.75, 3.05) is 0 Å². The van der Waals surface area contributed by atoms with E-state index < -0.39 is 5.97 Å². The molecule has 0 unspecified atom stereocenters. The second-order valence-electron chi connectivity index (χ2n) is 8.15. The molecule has 1 aliphatic rings. The maximum atomic E-state index is 11.3. The topological polar surface area (TPSA) is 137 Å². The molecular formula is C23H20N6O3S. The lowest BCUT2D eigenvalue weighted by molar-refractivity contribution is 0.0693. The molecule has 3 aromatic heterocycles. The second-order valence-corrected chi connectivity index (χ2v) is 9.07. The first-order chi connectivity index (χ1) is 16.0. The van der Waals surface area contributed by atoms with Gasteiger partial charge in [-0.25, -0.2) is 9.78 Å². The lowest BCUT2D eigenvalue weighted by atomic mass is 9.84. The van der Waals surface area contributed by atoms with Gasteiger partial charge in [-0.2, -0.15) is 5.26 Å². The number of pyridine rings is 1. The minimum absolute atomic E-state index is 0.168. The van der Waals surface area contributed by atoms with E-state index >= 15 is 0 Å². The number of carboxylic acids is 1. The van der Waals surface area contributed by atoms with Crippen molar-refractivity contribution >= 4 is 50.2 Å². The van der Waals surface area contributed by atoms with Crippen LogP contribution in [0, 0.1) is 17.2 Å². The summed E-state index contributed by atoms with van der Waals surface area (Å²) in [6, 6.07) is 8.50. The van der Waals surface area contributed by atoms with E-state index in [0.29, 0.717) is 24.0 Å². The zero-order valence-electron chi connectivity index (χ0n) is 17.5. The van der Waals surface area contributed by atoms with Gasteiger partial charge in [-0.1, -0.05) is 0 Å². The lowest BCUT2D eigenvalue weighted by Gasteiger charge is -2.29. The monoisotopic (exact) mass is 460 g/mol. The molecule has 0 radical (unpaired) electrons. The number of fused-ring (bicyclic) bond motifs is 3. The van der Waals surface area contributed by atoms with Gasteiger partial charge in [-0.15, -0.1) is 21.6 Å². The van der Waals surface area contributed by atoms with E-state index in [1.54, 1.807) is 17.5 Å². The van der Waals surface area contributed by atoms with E-state index in [2.05, 4.69) is 25.8 Å². The van der Waals surface area contributed by atoms with E-state index in [-0.39, 0.29) is 17.4 Å². The van der Waals surface area contributed by atoms with Gasteiger partial charge >= 0.3 is 5.97 Å². The van der Waals surface area contributed by atoms with E-state index in [1.807, 2.05) is 11.4 Å². The maximum absolute atomic E-state index is 11.3. The van der Waals surface area contributed by atoms with Crippen molar-refractivity contribution in [1.29, 1.82) is 5.26 Å². The van der Waals surface area contributed by atoms with Crippen molar-refractivity contribution in [3.05, 3.63) is 41.4 Å². The van der Waals surface area contributed by atoms with Gasteiger partial charge in [0, 0.05) is 12.5 Å². The molecule has 0 atom stereocenters. The largest absolute Gasteiger partial charge is 0.507 e. The fourth-order valence-electron chi connectivity index (χ4n) is 4.48. The summed E-state index contributed by atoms with van der Waals surface area (Å²) in [5, 5.41) is 38.7. The minimum atomic E-state index is -1.24. The third kappa shape index (κ3) is 3.91. The predicted molar refractivity (Wildman–Crippen MR) is 123 cm³/mol. The molecule has 5 rings (SSSR count). The molecule has 166 valence electrons. The van der Waals surface area contributed by atoms with Crippen molar-refractivity contribution in [2.45, 2.75) is 38.1 Å². The summed E-state index contributed by atoms with van der Waals surface area (Å²) in [6.07, 6.45) is 6.08. The number of thiophene rings is 1. The summed E-state index contributed by atoms with van der Waals surface area (Å²) in [4.78, 5) is 20.5. The number of aromatic nitrogens is 3. The number of carbonyl (C=O) groups is 1. The quantitative estimate of drug-likeness (QED) is 0.345. The fraction of sp³-hybridized carbons (Fsp3) is 0.304. The summed E-state index contributed by atoms with van der Waals surface area (Å²) in [6.45, 7) is 0. The van der Waals surface area contributed by atoms with Gasteiger partial charge in [-0.05, 0) is 61.2 Å². The molecule has 33 heavy (non-hydrogen) atoms. The number of hydrogen-bond acceptors (Lipinski definition) is 8. The zero-order valence-corrected chi connectivity index (χ0v) is 18.4. The summed E-state index contributed by atoms with van der Waals surface area (Å²) >= 11 is 1.61. The van der Waals surface area contributed by atoms with Crippen LogP contribution in [0.25, 0.3) is 21.3 Å². The highest BCUT2D eigenvalue weighted by Gasteiger charge is 2.27. The van der Waals surface area contributed by atoms with Crippen LogP contribution in [-0.4, -0.2) is 30.7 Å². The molecule has 2 N–H and O–H groups in total. The number of carboxylic acid groups (broad SMARTS) is 1. The van der Waals surface area contributed by atoms with Gasteiger partial charge in [0.2, 0.25) is 0 Å². The Morgan fingerprint density at radius 3 is 2.79 bits per heavy atom. The zero-order chi connectivity index (χ0) is 22.9. The highest BCUT2D eigenvalue weighted by Crippen LogP contribution is 2.41. The molecule has 0 aliphatic heterocycles. The number of nitriles is 1. The summed E-state index contributed by atoms with van der Waals surface area (Å²) in [7, 11) is 0. The van der Waals surface area contributed by atoms with Crippen molar-refractivity contribution in [3.8, 4) is 11.8 Å². The Kier molecular flexibility index (Phi) is 5.48. The van der Waals surface area contributed by atoms with Crippen molar-refractivity contribution < 1.29 is 15.0 Å². The average molecular weight is 461 g/mol. The molecule has 0 amide bonds. The fourth-order valence-corrected chi connectivity index (χ4v) is 5.37. The number of aromatic hydroxyl groups is 1. The number of phenols is 1. The normalized spacial score (nSPS) is 18.8. The highest BCUT2D eigenvalue weighted by molar-refractivity contribution is 7.18. The third-order valence-corrected chi connectivity index (χ3v) is 7.04. The maximum Gasteiger partial charge on any atom is 0.339 e. The van der Waals surface area contributed by atoms with Crippen molar-refractivity contribution in [1.82, 2.24) is 14.5 Å². The molecule has 0 saturated heterocycles. The summed E-state index contributed by atoms with van der Waals surface area (Å²) in [5.41, 5.74) is 2.68. The molecule has 3 heterocycles. The third-order valence-electron chi connectivity index (χ3n) is 6.13. The van der Waals surface area contributed by atoms with Crippen molar-refractivity contribution in [3.63, 3.8) is 0 Å². The Bertz CT molecular complexity index is 1430. The van der Waals surface area contributed by atoms with E-state index in [9.17, 15) is 15.0 Å². The Morgan fingerprint density at radius 1 is 1.21 bits per heavy atom. The van der Waals surface area contributed by atoms with E-state index in [0.717, 1.165) is 46.9 Å². The van der Waals surface area contributed by atoms with Crippen molar-refractivity contribution in [2.24, 2.45) is 16.1 Å². The van der Waals surface area contributed by atoms with Crippen LogP contribution in [0.15, 0.2) is 46.1 Å². The Balaban J connectivity index is 1.58. The van der Waals surface area contributed by atoms with Crippen LogP contribution in [0.5, 0.6) is 5.75 Å². The standard InChI is InChI=1S/C23H20N6O3S/c24-9-7-13-1-4-15(5-2-13)29-20-18(12-25-17-8-10-33-21(17)20)26-23(29)28-27-14-3-6-19(30)16(11-14)22(31)32/h3,6,8,10-13,15,30H,1-2,4-5,7H2,(H,31,32). The molecule has 10 heteroatoms. The number of hydrogen-bond donors (Lipinski definition) is 2. The van der Waals surface area contributed by atoms with Crippen LogP contribution in [0.3, 0.4) is 0 Å². The molecule has 4 aromatic rings. The van der Waals surface area contributed by atoms with Gasteiger partial charge in [0.25, 0.3) is 5.95 Å². The summed E-state index contributed by atoms with van der Waals surface area (Å²) < 4.78 is 3.17. The van der Waals surface area contributed by atoms with Crippen LogP contribution in [0.2, 0.25) is 0 Å². The molecule has 0 bridgehead atoms. The molecule has 0 spiro atoms. The van der Waals surface area contributed by atoms with E-state index in [1.165, 1.54) is 18.2 Å². The molecule has 9 nitrogen and oxygen atoms in total. The highest BCUT2D eigenvalue weighted by atomic mass is 32.1. The Labute approximate surface area is 192 Å². The molecular weight excluding hydrogens is 440 g/mol. The van der Waals surface area contributed by atoms with Gasteiger partial charge in [0.05, 0.1) is 33.7 Å². The summed E-state index contributed by atoms with van der Waals surface area (Å²) in [5.74, 6) is -0.714. The minimum Gasteiger partial charge on any atom is -0.507 e. The molecule has 1 saturated carbocycles. The van der Waals surface area contributed by atoms with Gasteiger partial charge in [0.15, 0.2) is 0 Å². The van der Waals surface area contributed by atoms with Crippen LogP contribution in [0.4, 0.5) is 11.6 Å². The first kappa shape index (κ1) is 21.0. The van der Waals surface area contributed by atoms with Crippen LogP contribution >= 0.6 is 11.3 Å². The first-order valence-corrected chi connectivity index (χ1v) is 11.5. The second kappa shape index (κ2) is 8.60. The van der Waals surface area contributed by atoms with Crippen LogP contribution in [0.1, 0.15) is 48.5 Å². The molecule has 1 fully saturated rings. The number of nitrogens with zero attached hydrogens (tertiary/aromatic N) is 6. The first-order valence-electron chi connectivity index (χ1n) is 10.6. The van der Waals surface area contributed by atoms with Gasteiger partial charge in [0.1, 0.15) is 16.8 Å². The lowest BCUT2D eigenvalue weighted by Crippen LogP contribution is -2.18. The Hall–Kier alpha value is -3.84. The number of rotatable bonds is 5. The number of aromatic carboxylic acids is 1. The van der Waals surface area contributed by atoms with Crippen LogP contribution in [-0.2, 0) is 0 Å².